The van der Waals surface area contributed by atoms with E-state index in [1.165, 1.54) is 6.33 Å². The van der Waals surface area contributed by atoms with E-state index >= 15 is 0 Å². The summed E-state index contributed by atoms with van der Waals surface area (Å²) in [5, 5.41) is 4.20. The Morgan fingerprint density at radius 3 is 2.88 bits per heavy atom. The van der Waals surface area contributed by atoms with E-state index in [4.69, 9.17) is 0 Å². The van der Waals surface area contributed by atoms with Crippen LogP contribution in [-0.4, -0.2) is 51.1 Å². The number of carbonyl (C=O) groups excluding carboxylic acids is 2. The zero-order valence-electron chi connectivity index (χ0n) is 14.0. The molecule has 0 aliphatic carbocycles. The second kappa shape index (κ2) is 6.66. The highest BCUT2D eigenvalue weighted by Gasteiger charge is 2.27. The number of hydrogen-bond donors (Lipinski definition) is 0. The largest absolute Gasteiger partial charge is 0.336 e. The molecule has 2 aliphatic rings. The second-order valence-electron chi connectivity index (χ2n) is 6.62. The first-order chi connectivity index (χ1) is 12.2. The predicted molar refractivity (Wildman–Crippen MR) is 92.2 cm³/mol. The standard InChI is InChI=1S/C18H21N5O2/c24-17-7-3-9-22(17)15-5-1-4-14(10-15)18(25)21-8-2-6-16(11-21)23-13-19-12-20-23/h1,4-5,10,12-13,16H,2-3,6-9,11H2/t16-/m1/s1. The lowest BCUT2D eigenvalue weighted by atomic mass is 10.0. The molecule has 0 radical (unpaired) electrons. The molecule has 7 nitrogen and oxygen atoms in total. The highest BCUT2D eigenvalue weighted by atomic mass is 16.2. The Morgan fingerprint density at radius 2 is 2.12 bits per heavy atom. The van der Waals surface area contributed by atoms with Crippen molar-refractivity contribution in [3.8, 4) is 0 Å². The Kier molecular flexibility index (Phi) is 4.21. The van der Waals surface area contributed by atoms with Gasteiger partial charge >= 0.3 is 0 Å². The molecule has 1 aromatic heterocycles. The summed E-state index contributed by atoms with van der Waals surface area (Å²) in [6, 6.07) is 7.58. The molecule has 130 valence electrons. The molecule has 2 saturated heterocycles. The number of hydrogen-bond acceptors (Lipinski definition) is 4. The van der Waals surface area contributed by atoms with Crippen molar-refractivity contribution >= 4 is 17.5 Å². The van der Waals surface area contributed by atoms with Gasteiger partial charge in [-0.2, -0.15) is 5.10 Å². The number of nitrogens with zero attached hydrogens (tertiary/aromatic N) is 5. The minimum atomic E-state index is 0.0123. The van der Waals surface area contributed by atoms with Crippen LogP contribution in [0.25, 0.3) is 0 Å². The van der Waals surface area contributed by atoms with Crippen molar-refractivity contribution in [1.82, 2.24) is 19.7 Å². The Hall–Kier alpha value is -2.70. The molecule has 2 fully saturated rings. The van der Waals surface area contributed by atoms with Gasteiger partial charge in [0.25, 0.3) is 5.91 Å². The Balaban J connectivity index is 1.51. The molecule has 4 rings (SSSR count). The number of benzene rings is 1. The summed E-state index contributed by atoms with van der Waals surface area (Å²) in [6.45, 7) is 2.11. The highest BCUT2D eigenvalue weighted by molar-refractivity contribution is 5.99. The summed E-state index contributed by atoms with van der Waals surface area (Å²) in [7, 11) is 0. The third-order valence-electron chi connectivity index (χ3n) is 4.97. The van der Waals surface area contributed by atoms with Gasteiger partial charge in [-0.25, -0.2) is 9.67 Å². The van der Waals surface area contributed by atoms with E-state index < -0.39 is 0 Å². The second-order valence-corrected chi connectivity index (χ2v) is 6.62. The molecule has 1 aromatic carbocycles. The summed E-state index contributed by atoms with van der Waals surface area (Å²) < 4.78 is 1.83. The van der Waals surface area contributed by atoms with Crippen molar-refractivity contribution in [2.24, 2.45) is 0 Å². The van der Waals surface area contributed by atoms with E-state index in [0.29, 0.717) is 18.5 Å². The van der Waals surface area contributed by atoms with Crippen molar-refractivity contribution in [1.29, 1.82) is 0 Å². The van der Waals surface area contributed by atoms with E-state index in [-0.39, 0.29) is 17.9 Å². The van der Waals surface area contributed by atoms with E-state index in [1.54, 1.807) is 11.2 Å². The quantitative estimate of drug-likeness (QED) is 0.856. The molecule has 2 aromatic rings. The number of aromatic nitrogens is 3. The number of amides is 2. The molecular formula is C18H21N5O2. The average molecular weight is 339 g/mol. The SMILES string of the molecule is O=C(c1cccc(N2CCCC2=O)c1)N1CCC[C@@H](n2cncn2)C1. The lowest BCUT2D eigenvalue weighted by Crippen LogP contribution is -2.41. The van der Waals surface area contributed by atoms with Crippen LogP contribution in [0.3, 0.4) is 0 Å². The van der Waals surface area contributed by atoms with Crippen LogP contribution in [-0.2, 0) is 4.79 Å². The number of rotatable bonds is 3. The first kappa shape index (κ1) is 15.8. The Labute approximate surface area is 146 Å². The zero-order chi connectivity index (χ0) is 17.2. The first-order valence-corrected chi connectivity index (χ1v) is 8.76. The Bertz CT molecular complexity index is 774. The number of piperidine rings is 1. The van der Waals surface area contributed by atoms with Crippen LogP contribution >= 0.6 is 0 Å². The zero-order valence-corrected chi connectivity index (χ0v) is 14.0. The van der Waals surface area contributed by atoms with Gasteiger partial charge in [0.15, 0.2) is 0 Å². The predicted octanol–water partition coefficient (Wildman–Crippen LogP) is 1.88. The lowest BCUT2D eigenvalue weighted by Gasteiger charge is -2.32. The molecule has 2 aliphatic heterocycles. The number of carbonyl (C=O) groups is 2. The van der Waals surface area contributed by atoms with Crippen LogP contribution in [0, 0.1) is 0 Å². The van der Waals surface area contributed by atoms with Crippen LogP contribution in [0.2, 0.25) is 0 Å². The summed E-state index contributed by atoms with van der Waals surface area (Å²) in [5.41, 5.74) is 1.45. The maximum atomic E-state index is 12.9. The van der Waals surface area contributed by atoms with Crippen molar-refractivity contribution < 1.29 is 9.59 Å². The third kappa shape index (κ3) is 3.14. The van der Waals surface area contributed by atoms with Crippen LogP contribution in [0.4, 0.5) is 5.69 Å². The fraction of sp³-hybridized carbons (Fsp3) is 0.444. The number of anilines is 1. The van der Waals surface area contributed by atoms with Crippen molar-refractivity contribution in [3.05, 3.63) is 42.5 Å². The molecule has 0 saturated carbocycles. The van der Waals surface area contributed by atoms with Crippen LogP contribution in [0.15, 0.2) is 36.9 Å². The van der Waals surface area contributed by atoms with Gasteiger partial charge in [-0.3, -0.25) is 9.59 Å². The van der Waals surface area contributed by atoms with Gasteiger partial charge in [0.05, 0.1) is 6.04 Å². The Morgan fingerprint density at radius 1 is 1.20 bits per heavy atom. The van der Waals surface area contributed by atoms with E-state index in [1.807, 2.05) is 33.8 Å². The van der Waals surface area contributed by atoms with Crippen molar-refractivity contribution in [2.45, 2.75) is 31.7 Å². The average Bonchev–Trinajstić information content (AvgIpc) is 3.33. The molecule has 0 unspecified atom stereocenters. The highest BCUT2D eigenvalue weighted by Crippen LogP contribution is 2.25. The topological polar surface area (TPSA) is 71.3 Å². The van der Waals surface area contributed by atoms with Crippen LogP contribution in [0.1, 0.15) is 42.1 Å². The molecule has 25 heavy (non-hydrogen) atoms. The summed E-state index contributed by atoms with van der Waals surface area (Å²) in [6.07, 6.45) is 6.64. The lowest BCUT2D eigenvalue weighted by molar-refractivity contribution is -0.117. The minimum Gasteiger partial charge on any atom is -0.336 e. The summed E-state index contributed by atoms with van der Waals surface area (Å²) in [4.78, 5) is 32.5. The van der Waals surface area contributed by atoms with Crippen LogP contribution < -0.4 is 4.90 Å². The molecule has 1 atom stereocenters. The summed E-state index contributed by atoms with van der Waals surface area (Å²) >= 11 is 0. The first-order valence-electron chi connectivity index (χ1n) is 8.76. The van der Waals surface area contributed by atoms with E-state index in [9.17, 15) is 9.59 Å². The van der Waals surface area contributed by atoms with Gasteiger partial charge in [0.1, 0.15) is 12.7 Å². The van der Waals surface area contributed by atoms with Crippen molar-refractivity contribution in [3.63, 3.8) is 0 Å². The molecule has 2 amide bonds. The molecule has 0 spiro atoms. The van der Waals surface area contributed by atoms with Crippen molar-refractivity contribution in [2.75, 3.05) is 24.5 Å². The minimum absolute atomic E-state index is 0.0123. The number of likely N-dealkylation sites (tertiary alicyclic amines) is 1. The fourth-order valence-electron chi connectivity index (χ4n) is 3.67. The molecule has 7 heteroatoms. The van der Waals surface area contributed by atoms with Gasteiger partial charge in [-0.05, 0) is 37.5 Å². The monoisotopic (exact) mass is 339 g/mol. The molecule has 0 N–H and O–H groups in total. The van der Waals surface area contributed by atoms with Gasteiger partial charge in [-0.15, -0.1) is 0 Å². The molecular weight excluding hydrogens is 318 g/mol. The maximum absolute atomic E-state index is 12.9. The maximum Gasteiger partial charge on any atom is 0.254 e. The van der Waals surface area contributed by atoms with Crippen LogP contribution in [0.5, 0.6) is 0 Å². The molecule has 3 heterocycles. The fourth-order valence-corrected chi connectivity index (χ4v) is 3.67. The van der Waals surface area contributed by atoms with Gasteiger partial charge in [0.2, 0.25) is 5.91 Å². The third-order valence-corrected chi connectivity index (χ3v) is 4.97. The van der Waals surface area contributed by atoms with E-state index in [0.717, 1.165) is 38.0 Å². The van der Waals surface area contributed by atoms with Gasteiger partial charge < -0.3 is 9.80 Å². The van der Waals surface area contributed by atoms with Gasteiger partial charge in [0, 0.05) is 37.3 Å². The normalized spacial score (nSPS) is 21.0. The molecule has 0 bridgehead atoms. The van der Waals surface area contributed by atoms with E-state index in [2.05, 4.69) is 10.1 Å². The van der Waals surface area contributed by atoms with Gasteiger partial charge in [-0.1, -0.05) is 6.07 Å². The summed E-state index contributed by atoms with van der Waals surface area (Å²) in [5.74, 6) is 0.145. The smallest absolute Gasteiger partial charge is 0.254 e.